The Morgan fingerprint density at radius 2 is 1.81 bits per heavy atom. The van der Waals surface area contributed by atoms with Crippen LogP contribution in [0.15, 0.2) is 72.5 Å². The number of allylic oxidation sites excluding steroid dienone is 3. The third-order valence-corrected chi connectivity index (χ3v) is 4.27. The number of rotatable bonds is 5. The summed E-state index contributed by atoms with van der Waals surface area (Å²) in [6.07, 6.45) is 3.58. The van der Waals surface area contributed by atoms with Gasteiger partial charge in [-0.3, -0.25) is 9.59 Å². The van der Waals surface area contributed by atoms with E-state index in [0.717, 1.165) is 11.1 Å². The molecule has 1 unspecified atom stereocenters. The lowest BCUT2D eigenvalue weighted by molar-refractivity contribution is -0.136. The zero-order chi connectivity index (χ0) is 18.5. The van der Waals surface area contributed by atoms with E-state index in [0.29, 0.717) is 23.5 Å². The predicted molar refractivity (Wildman–Crippen MR) is 99.5 cm³/mol. The second-order valence-electron chi connectivity index (χ2n) is 6.08. The molecule has 4 heteroatoms. The summed E-state index contributed by atoms with van der Waals surface area (Å²) in [7, 11) is 1.59. The molecule has 0 N–H and O–H groups in total. The summed E-state index contributed by atoms with van der Waals surface area (Å²) in [4.78, 5) is 24.2. The van der Waals surface area contributed by atoms with Crippen molar-refractivity contribution >= 4 is 17.3 Å². The van der Waals surface area contributed by atoms with Crippen LogP contribution in [-0.4, -0.2) is 18.9 Å². The largest absolute Gasteiger partial charge is 0.497 e. The Balaban J connectivity index is 2.09. The van der Waals surface area contributed by atoms with Gasteiger partial charge in [-0.2, -0.15) is 0 Å². The maximum absolute atomic E-state index is 12.7. The van der Waals surface area contributed by atoms with Crippen LogP contribution in [0, 0.1) is 5.92 Å². The minimum atomic E-state index is -0.427. The fourth-order valence-corrected chi connectivity index (χ4v) is 3.11. The Labute approximate surface area is 152 Å². The molecule has 0 saturated heterocycles. The first-order chi connectivity index (χ1) is 12.6. The van der Waals surface area contributed by atoms with Gasteiger partial charge < -0.3 is 9.47 Å². The number of hydrogen-bond acceptors (Lipinski definition) is 4. The molecule has 2 aromatic rings. The molecule has 2 aromatic carbocycles. The normalized spacial score (nSPS) is 16.5. The Bertz CT molecular complexity index is 878. The first-order valence-electron chi connectivity index (χ1n) is 8.41. The lowest BCUT2D eigenvalue weighted by atomic mass is 9.81. The smallest absolute Gasteiger partial charge is 0.308 e. The number of hydrogen-bond donors (Lipinski definition) is 0. The molecule has 0 heterocycles. The summed E-state index contributed by atoms with van der Waals surface area (Å²) in [5, 5.41) is 0. The van der Waals surface area contributed by atoms with E-state index in [1.54, 1.807) is 13.2 Å². The molecular formula is C22H20O4. The Morgan fingerprint density at radius 3 is 2.50 bits per heavy atom. The third-order valence-electron chi connectivity index (χ3n) is 4.27. The van der Waals surface area contributed by atoms with E-state index in [4.69, 9.17) is 9.47 Å². The second kappa shape index (κ2) is 7.83. The van der Waals surface area contributed by atoms with E-state index in [1.165, 1.54) is 13.0 Å². The maximum Gasteiger partial charge on any atom is 0.308 e. The SMILES string of the molecule is COc1cccc(C2=C(OC(C)=O)C=CC(=O)C2Cc2ccccc2)c1. The highest BCUT2D eigenvalue weighted by atomic mass is 16.5. The van der Waals surface area contributed by atoms with Crippen LogP contribution in [0.3, 0.4) is 0 Å². The molecule has 4 nitrogen and oxygen atoms in total. The van der Waals surface area contributed by atoms with Crippen molar-refractivity contribution in [2.45, 2.75) is 13.3 Å². The quantitative estimate of drug-likeness (QED) is 0.767. The first-order valence-corrected chi connectivity index (χ1v) is 8.41. The van der Waals surface area contributed by atoms with Gasteiger partial charge in [0.15, 0.2) is 5.78 Å². The average molecular weight is 348 g/mol. The van der Waals surface area contributed by atoms with E-state index < -0.39 is 11.9 Å². The molecule has 0 aromatic heterocycles. The highest BCUT2D eigenvalue weighted by Gasteiger charge is 2.30. The van der Waals surface area contributed by atoms with Gasteiger partial charge in [0, 0.05) is 12.5 Å². The van der Waals surface area contributed by atoms with Crippen LogP contribution in [0.1, 0.15) is 18.1 Å². The molecule has 0 saturated carbocycles. The summed E-state index contributed by atoms with van der Waals surface area (Å²) < 4.78 is 10.7. The van der Waals surface area contributed by atoms with Gasteiger partial charge in [0.25, 0.3) is 0 Å². The van der Waals surface area contributed by atoms with Gasteiger partial charge in [0.05, 0.1) is 13.0 Å². The van der Waals surface area contributed by atoms with Crippen molar-refractivity contribution in [3.05, 3.63) is 83.6 Å². The molecule has 0 fully saturated rings. The first kappa shape index (κ1) is 17.7. The molecule has 0 spiro atoms. The Kier molecular flexibility index (Phi) is 5.32. The van der Waals surface area contributed by atoms with Crippen molar-refractivity contribution in [1.82, 2.24) is 0 Å². The minimum absolute atomic E-state index is 0.0115. The molecule has 0 radical (unpaired) electrons. The number of esters is 1. The highest BCUT2D eigenvalue weighted by Crippen LogP contribution is 2.36. The molecule has 1 aliphatic carbocycles. The van der Waals surface area contributed by atoms with E-state index in [2.05, 4.69) is 0 Å². The van der Waals surface area contributed by atoms with Gasteiger partial charge in [-0.25, -0.2) is 0 Å². The van der Waals surface area contributed by atoms with Gasteiger partial charge in [0.1, 0.15) is 11.5 Å². The van der Waals surface area contributed by atoms with Crippen LogP contribution in [-0.2, 0) is 20.7 Å². The highest BCUT2D eigenvalue weighted by molar-refractivity contribution is 6.04. The van der Waals surface area contributed by atoms with E-state index in [1.807, 2.05) is 54.6 Å². The number of carbonyl (C=O) groups is 2. The Morgan fingerprint density at radius 1 is 1.04 bits per heavy atom. The van der Waals surface area contributed by atoms with Crippen molar-refractivity contribution in [3.63, 3.8) is 0 Å². The lowest BCUT2D eigenvalue weighted by Crippen LogP contribution is -2.22. The topological polar surface area (TPSA) is 52.6 Å². The molecule has 132 valence electrons. The molecule has 1 aliphatic rings. The van der Waals surface area contributed by atoms with Crippen molar-refractivity contribution in [3.8, 4) is 5.75 Å². The molecular weight excluding hydrogens is 328 g/mol. The van der Waals surface area contributed by atoms with Crippen molar-refractivity contribution < 1.29 is 19.1 Å². The van der Waals surface area contributed by atoms with Gasteiger partial charge in [-0.15, -0.1) is 0 Å². The Hall–Kier alpha value is -3.14. The van der Waals surface area contributed by atoms with Gasteiger partial charge in [-0.05, 0) is 41.8 Å². The molecule has 0 bridgehead atoms. The summed E-state index contributed by atoms with van der Waals surface area (Å²) in [5.74, 6) is 0.230. The van der Waals surface area contributed by atoms with E-state index in [-0.39, 0.29) is 5.78 Å². The molecule has 26 heavy (non-hydrogen) atoms. The van der Waals surface area contributed by atoms with Crippen LogP contribution < -0.4 is 4.74 Å². The number of ketones is 1. The zero-order valence-electron chi connectivity index (χ0n) is 14.8. The number of ether oxygens (including phenoxy) is 2. The second-order valence-corrected chi connectivity index (χ2v) is 6.08. The third kappa shape index (κ3) is 3.91. The van der Waals surface area contributed by atoms with Crippen LogP contribution in [0.5, 0.6) is 5.75 Å². The predicted octanol–water partition coefficient (Wildman–Crippen LogP) is 3.97. The molecule has 1 atom stereocenters. The fraction of sp³-hybridized carbons (Fsp3) is 0.182. The molecule has 0 amide bonds. The number of benzene rings is 2. The summed E-state index contributed by atoms with van der Waals surface area (Å²) in [5.41, 5.74) is 2.55. The van der Waals surface area contributed by atoms with E-state index in [9.17, 15) is 9.59 Å². The van der Waals surface area contributed by atoms with Crippen LogP contribution in [0.4, 0.5) is 0 Å². The maximum atomic E-state index is 12.7. The van der Waals surface area contributed by atoms with Crippen LogP contribution in [0.2, 0.25) is 0 Å². The average Bonchev–Trinajstić information content (AvgIpc) is 2.65. The summed E-state index contributed by atoms with van der Waals surface area (Å²) >= 11 is 0. The molecule has 0 aliphatic heterocycles. The molecule has 3 rings (SSSR count). The summed E-state index contributed by atoms with van der Waals surface area (Å²) in [6.45, 7) is 1.35. The van der Waals surface area contributed by atoms with Gasteiger partial charge in [-0.1, -0.05) is 42.5 Å². The lowest BCUT2D eigenvalue weighted by Gasteiger charge is -2.24. The number of carbonyl (C=O) groups excluding carboxylic acids is 2. The summed E-state index contributed by atoms with van der Waals surface area (Å²) in [6, 6.07) is 17.2. The van der Waals surface area contributed by atoms with Crippen LogP contribution >= 0.6 is 0 Å². The minimum Gasteiger partial charge on any atom is -0.497 e. The van der Waals surface area contributed by atoms with Crippen molar-refractivity contribution in [2.24, 2.45) is 5.92 Å². The van der Waals surface area contributed by atoms with Gasteiger partial charge in [0.2, 0.25) is 0 Å². The van der Waals surface area contributed by atoms with E-state index >= 15 is 0 Å². The van der Waals surface area contributed by atoms with Crippen LogP contribution in [0.25, 0.3) is 5.57 Å². The van der Waals surface area contributed by atoms with Gasteiger partial charge >= 0.3 is 5.97 Å². The van der Waals surface area contributed by atoms with Crippen molar-refractivity contribution in [2.75, 3.05) is 7.11 Å². The number of methoxy groups -OCH3 is 1. The zero-order valence-corrected chi connectivity index (χ0v) is 14.8. The monoisotopic (exact) mass is 348 g/mol. The standard InChI is InChI=1S/C22H20O4/c1-15(23)26-21-12-11-20(24)19(13-16-7-4-3-5-8-16)22(21)17-9-6-10-18(14-17)25-2/h3-12,14,19H,13H2,1-2H3. The van der Waals surface area contributed by atoms with Crippen molar-refractivity contribution in [1.29, 1.82) is 0 Å². The fourth-order valence-electron chi connectivity index (χ4n) is 3.11.